The van der Waals surface area contributed by atoms with Gasteiger partial charge in [-0.25, -0.2) is 0 Å². The number of para-hydroxylation sites is 1. The number of H-pyrrole nitrogens is 1. The minimum atomic E-state index is -0.460. The maximum atomic E-state index is 12.8. The first kappa shape index (κ1) is 29.2. The number of nitrogens with one attached hydrogen (secondary N) is 2. The number of nitro benzene ring substituents is 1. The van der Waals surface area contributed by atoms with E-state index < -0.39 is 16.9 Å². The molecule has 1 saturated heterocycles. The average molecular weight is 571 g/mol. The minimum absolute atomic E-state index is 0.00710. The summed E-state index contributed by atoms with van der Waals surface area (Å²) < 4.78 is 0. The minimum Gasteiger partial charge on any atom is -0.361 e. The number of allylic oxidation sites excluding steroid dienone is 1. The standard InChI is InChI=1S/C32H38N6O4/c1-3-27-31(34-20-39)30(22-9-11-25(12-10-22)38(41)42)32(28(4-2)35-27)37(21-40)24-14-17-36(18-15-24)16-13-23-19-33-29-8-6-5-7-26(23)29/h5-12,19-21,24,30-31,33H,3-4,13-18H2,1-2H3,(H,34,39). The lowest BCUT2D eigenvalue weighted by molar-refractivity contribution is -0.384. The summed E-state index contributed by atoms with van der Waals surface area (Å²) in [6.45, 7) is 6.69. The number of nitrogens with zero attached hydrogens (tertiary/aromatic N) is 4. The molecule has 0 spiro atoms. The van der Waals surface area contributed by atoms with Crippen LogP contribution >= 0.6 is 0 Å². The second-order valence-corrected chi connectivity index (χ2v) is 10.9. The summed E-state index contributed by atoms with van der Waals surface area (Å²) in [5.41, 5.74) is 5.66. The van der Waals surface area contributed by atoms with Crippen molar-refractivity contribution in [2.45, 2.75) is 64.0 Å². The van der Waals surface area contributed by atoms with Crippen molar-refractivity contribution in [1.82, 2.24) is 20.1 Å². The van der Waals surface area contributed by atoms with Gasteiger partial charge in [0.05, 0.1) is 28.3 Å². The zero-order valence-corrected chi connectivity index (χ0v) is 24.2. The number of nitro groups is 1. The number of carbonyl (C=O) groups excluding carboxylic acids is 2. The van der Waals surface area contributed by atoms with Crippen LogP contribution in [-0.4, -0.2) is 70.0 Å². The third-order valence-electron chi connectivity index (χ3n) is 8.68. The summed E-state index contributed by atoms with van der Waals surface area (Å²) in [6.07, 6.45) is 7.49. The SMILES string of the molecule is CCC1=NC(CC)=C(N(C=O)C2CCN(CCc3c[nH]c4ccccc34)CC2)C(c2ccc([N+](=O)[O-])cc2)C1NC=O. The van der Waals surface area contributed by atoms with Crippen molar-refractivity contribution in [3.05, 3.63) is 87.4 Å². The predicted octanol–water partition coefficient (Wildman–Crippen LogP) is 4.93. The van der Waals surface area contributed by atoms with E-state index in [-0.39, 0.29) is 11.7 Å². The molecule has 42 heavy (non-hydrogen) atoms. The van der Waals surface area contributed by atoms with Gasteiger partial charge in [0.15, 0.2) is 0 Å². The number of carbonyl (C=O) groups is 2. The van der Waals surface area contributed by atoms with E-state index in [0.717, 1.165) is 73.5 Å². The first-order valence-corrected chi connectivity index (χ1v) is 14.7. The van der Waals surface area contributed by atoms with Gasteiger partial charge in [0.25, 0.3) is 5.69 Å². The molecule has 220 valence electrons. The van der Waals surface area contributed by atoms with Gasteiger partial charge in [-0.3, -0.25) is 24.7 Å². The molecule has 1 fully saturated rings. The lowest BCUT2D eigenvalue weighted by Crippen LogP contribution is -2.50. The average Bonchev–Trinajstić information content (AvgIpc) is 3.44. The Balaban J connectivity index is 1.38. The smallest absolute Gasteiger partial charge is 0.269 e. The molecule has 2 amide bonds. The zero-order valence-electron chi connectivity index (χ0n) is 24.2. The lowest BCUT2D eigenvalue weighted by atomic mass is 9.80. The second-order valence-electron chi connectivity index (χ2n) is 10.9. The first-order valence-electron chi connectivity index (χ1n) is 14.7. The highest BCUT2D eigenvalue weighted by atomic mass is 16.6. The van der Waals surface area contributed by atoms with Crippen LogP contribution < -0.4 is 5.32 Å². The monoisotopic (exact) mass is 570 g/mol. The maximum Gasteiger partial charge on any atom is 0.269 e. The van der Waals surface area contributed by atoms with Crippen molar-refractivity contribution in [3.63, 3.8) is 0 Å². The Hall–Kier alpha value is -4.31. The van der Waals surface area contributed by atoms with Gasteiger partial charge in [-0.1, -0.05) is 44.2 Å². The Bertz CT molecular complexity index is 1490. The zero-order chi connectivity index (χ0) is 29.6. The quantitative estimate of drug-likeness (QED) is 0.182. The van der Waals surface area contributed by atoms with Crippen LogP contribution in [0.25, 0.3) is 10.9 Å². The van der Waals surface area contributed by atoms with E-state index in [1.54, 1.807) is 12.1 Å². The van der Waals surface area contributed by atoms with Crippen molar-refractivity contribution >= 4 is 35.1 Å². The van der Waals surface area contributed by atoms with Gasteiger partial charge in [-0.2, -0.15) is 0 Å². The number of amides is 2. The van der Waals surface area contributed by atoms with Crippen LogP contribution in [0.4, 0.5) is 5.69 Å². The summed E-state index contributed by atoms with van der Waals surface area (Å²) in [5.74, 6) is -0.400. The van der Waals surface area contributed by atoms with Crippen molar-refractivity contribution in [2.75, 3.05) is 19.6 Å². The van der Waals surface area contributed by atoms with Gasteiger partial charge in [0, 0.05) is 60.6 Å². The van der Waals surface area contributed by atoms with E-state index in [9.17, 15) is 19.7 Å². The highest BCUT2D eigenvalue weighted by molar-refractivity contribution is 5.94. The third kappa shape index (κ3) is 5.85. The molecule has 10 nitrogen and oxygen atoms in total. The van der Waals surface area contributed by atoms with Crippen LogP contribution in [0.3, 0.4) is 0 Å². The fraction of sp³-hybridized carbons (Fsp3) is 0.406. The highest BCUT2D eigenvalue weighted by Gasteiger charge is 2.40. The number of rotatable bonds is 12. The number of aromatic amines is 1. The Morgan fingerprint density at radius 1 is 1.10 bits per heavy atom. The molecule has 2 aromatic carbocycles. The Morgan fingerprint density at radius 3 is 2.48 bits per heavy atom. The molecule has 3 heterocycles. The van der Waals surface area contributed by atoms with Gasteiger partial charge in [-0.15, -0.1) is 0 Å². The molecule has 2 aliphatic rings. The fourth-order valence-corrected chi connectivity index (χ4v) is 6.50. The number of fused-ring (bicyclic) bond motifs is 1. The topological polar surface area (TPSA) is 124 Å². The number of non-ortho nitro benzene ring substituents is 1. The van der Waals surface area contributed by atoms with Gasteiger partial charge in [0.2, 0.25) is 12.8 Å². The normalized spacial score (nSPS) is 19.9. The Kier molecular flexibility index (Phi) is 9.12. The molecule has 0 radical (unpaired) electrons. The molecule has 3 aromatic rings. The molecule has 0 aliphatic carbocycles. The van der Waals surface area contributed by atoms with Crippen LogP contribution in [0.15, 0.2) is 71.1 Å². The Morgan fingerprint density at radius 2 is 1.83 bits per heavy atom. The van der Waals surface area contributed by atoms with Crippen LogP contribution in [0.1, 0.15) is 56.6 Å². The van der Waals surface area contributed by atoms with Crippen LogP contribution in [0.2, 0.25) is 0 Å². The maximum absolute atomic E-state index is 12.8. The van der Waals surface area contributed by atoms with Crippen molar-refractivity contribution in [3.8, 4) is 0 Å². The van der Waals surface area contributed by atoms with Crippen LogP contribution in [0, 0.1) is 10.1 Å². The number of benzene rings is 2. The number of piperidine rings is 1. The first-order chi connectivity index (χ1) is 20.5. The number of aliphatic imine (C=N–C) groups is 1. The summed E-state index contributed by atoms with van der Waals surface area (Å²) >= 11 is 0. The number of hydrogen-bond acceptors (Lipinski definition) is 6. The van der Waals surface area contributed by atoms with E-state index >= 15 is 0 Å². The van der Waals surface area contributed by atoms with E-state index in [4.69, 9.17) is 4.99 Å². The van der Waals surface area contributed by atoms with Crippen LogP contribution in [0.5, 0.6) is 0 Å². The molecule has 10 heteroatoms. The molecule has 2 N–H and O–H groups in total. The number of hydrogen-bond donors (Lipinski definition) is 2. The molecule has 5 rings (SSSR count). The van der Waals surface area contributed by atoms with Gasteiger partial charge < -0.3 is 20.1 Å². The van der Waals surface area contributed by atoms with Crippen molar-refractivity contribution in [1.29, 1.82) is 0 Å². The van der Waals surface area contributed by atoms with E-state index in [1.807, 2.05) is 24.8 Å². The van der Waals surface area contributed by atoms with Crippen molar-refractivity contribution in [2.24, 2.45) is 4.99 Å². The van der Waals surface area contributed by atoms with Gasteiger partial charge >= 0.3 is 0 Å². The summed E-state index contributed by atoms with van der Waals surface area (Å²) in [7, 11) is 0. The molecule has 2 aliphatic heterocycles. The second kappa shape index (κ2) is 13.1. The Labute approximate surface area is 245 Å². The molecule has 0 saturated carbocycles. The molecule has 2 unspecified atom stereocenters. The number of aromatic nitrogens is 1. The third-order valence-corrected chi connectivity index (χ3v) is 8.68. The predicted molar refractivity (Wildman–Crippen MR) is 163 cm³/mol. The molecule has 1 aromatic heterocycles. The molecule has 0 bridgehead atoms. The molecular formula is C32H38N6O4. The lowest BCUT2D eigenvalue weighted by Gasteiger charge is -2.43. The van der Waals surface area contributed by atoms with Crippen LogP contribution in [-0.2, 0) is 16.0 Å². The molecular weight excluding hydrogens is 532 g/mol. The van der Waals surface area contributed by atoms with Gasteiger partial charge in [-0.05, 0) is 49.3 Å². The number of likely N-dealkylation sites (tertiary alicyclic amines) is 1. The largest absolute Gasteiger partial charge is 0.361 e. The summed E-state index contributed by atoms with van der Waals surface area (Å²) in [6, 6.07) is 14.3. The van der Waals surface area contributed by atoms with E-state index in [0.29, 0.717) is 19.3 Å². The summed E-state index contributed by atoms with van der Waals surface area (Å²) in [4.78, 5) is 48.1. The van der Waals surface area contributed by atoms with Gasteiger partial charge in [0.1, 0.15) is 0 Å². The van der Waals surface area contributed by atoms with E-state index in [2.05, 4.69) is 39.6 Å². The molecule has 2 atom stereocenters. The van der Waals surface area contributed by atoms with E-state index in [1.165, 1.54) is 23.1 Å². The highest BCUT2D eigenvalue weighted by Crippen LogP contribution is 2.40. The fourth-order valence-electron chi connectivity index (χ4n) is 6.50. The van der Waals surface area contributed by atoms with Crippen molar-refractivity contribution < 1.29 is 14.5 Å². The summed E-state index contributed by atoms with van der Waals surface area (Å²) in [5, 5.41) is 15.5.